The summed E-state index contributed by atoms with van der Waals surface area (Å²) in [5.74, 6) is 5.57. The maximum absolute atomic E-state index is 11.8. The molecule has 0 aromatic carbocycles. The number of hydrogen-bond donors (Lipinski definition) is 1. The lowest BCUT2D eigenvalue weighted by Crippen LogP contribution is -2.37. The molecule has 1 rings (SSSR count). The van der Waals surface area contributed by atoms with E-state index in [1.807, 2.05) is 20.8 Å². The zero-order chi connectivity index (χ0) is 13.8. The van der Waals surface area contributed by atoms with Gasteiger partial charge < -0.3 is 20.1 Å². The first kappa shape index (κ1) is 14.8. The van der Waals surface area contributed by atoms with E-state index in [1.165, 1.54) is 0 Å². The zero-order valence-corrected chi connectivity index (χ0v) is 11.5. The van der Waals surface area contributed by atoms with Crippen LogP contribution in [0.1, 0.15) is 27.7 Å². The van der Waals surface area contributed by atoms with Crippen molar-refractivity contribution < 1.29 is 14.3 Å². The first-order valence-corrected chi connectivity index (χ1v) is 6.08. The highest BCUT2D eigenvalue weighted by molar-refractivity contribution is 5.68. The molecule has 1 heterocycles. The van der Waals surface area contributed by atoms with Crippen molar-refractivity contribution in [2.24, 2.45) is 5.73 Å². The molecule has 18 heavy (non-hydrogen) atoms. The van der Waals surface area contributed by atoms with Gasteiger partial charge in [-0.1, -0.05) is 5.92 Å². The molecule has 0 radical (unpaired) electrons. The van der Waals surface area contributed by atoms with Crippen molar-refractivity contribution in [3.05, 3.63) is 0 Å². The van der Waals surface area contributed by atoms with Crippen molar-refractivity contribution in [3.63, 3.8) is 0 Å². The van der Waals surface area contributed by atoms with Crippen LogP contribution in [-0.4, -0.2) is 48.4 Å². The maximum Gasteiger partial charge on any atom is 0.410 e. The molecule has 5 nitrogen and oxygen atoms in total. The molecule has 0 aromatic rings. The van der Waals surface area contributed by atoms with Gasteiger partial charge in [-0.3, -0.25) is 0 Å². The number of ether oxygens (including phenoxy) is 2. The Labute approximate surface area is 109 Å². The second kappa shape index (κ2) is 6.07. The Morgan fingerprint density at radius 1 is 1.44 bits per heavy atom. The van der Waals surface area contributed by atoms with Crippen LogP contribution >= 0.6 is 0 Å². The molecular formula is C13H22N2O3. The van der Waals surface area contributed by atoms with E-state index < -0.39 is 5.60 Å². The van der Waals surface area contributed by atoms with Gasteiger partial charge >= 0.3 is 6.09 Å². The van der Waals surface area contributed by atoms with Gasteiger partial charge in [-0.2, -0.15) is 0 Å². The summed E-state index contributed by atoms with van der Waals surface area (Å²) in [5, 5.41) is 0. The van der Waals surface area contributed by atoms with Gasteiger partial charge in [0.1, 0.15) is 12.2 Å². The quantitative estimate of drug-likeness (QED) is 0.746. The molecule has 1 amide bonds. The molecule has 2 N–H and O–H groups in total. The standard InChI is InChI=1S/C13H22N2O3/c1-5-6-7-17-11-9-15(8-10(11)14)12(16)18-13(2,3)4/h10-11H,7-9,14H2,1-4H3/t10-,11-/m0/s1. The van der Waals surface area contributed by atoms with E-state index in [0.29, 0.717) is 19.7 Å². The van der Waals surface area contributed by atoms with E-state index in [9.17, 15) is 4.79 Å². The molecule has 102 valence electrons. The van der Waals surface area contributed by atoms with E-state index in [1.54, 1.807) is 11.8 Å². The van der Waals surface area contributed by atoms with E-state index in [4.69, 9.17) is 15.2 Å². The monoisotopic (exact) mass is 254 g/mol. The molecule has 0 bridgehead atoms. The molecule has 1 aliphatic rings. The number of likely N-dealkylation sites (tertiary alicyclic amines) is 1. The van der Waals surface area contributed by atoms with Crippen molar-refractivity contribution in [2.45, 2.75) is 45.4 Å². The van der Waals surface area contributed by atoms with Crippen molar-refractivity contribution >= 4 is 6.09 Å². The summed E-state index contributed by atoms with van der Waals surface area (Å²) in [6, 6.07) is -0.184. The van der Waals surface area contributed by atoms with Gasteiger partial charge in [-0.05, 0) is 27.7 Å². The summed E-state index contributed by atoms with van der Waals surface area (Å²) in [4.78, 5) is 13.4. The third kappa shape index (κ3) is 4.55. The minimum absolute atomic E-state index is 0.168. The first-order chi connectivity index (χ1) is 8.33. The Morgan fingerprint density at radius 2 is 2.11 bits per heavy atom. The Kier molecular flexibility index (Phi) is 5.00. The molecule has 2 atom stereocenters. The number of nitrogens with two attached hydrogens (primary N) is 1. The Balaban J connectivity index is 2.46. The summed E-state index contributed by atoms with van der Waals surface area (Å²) >= 11 is 0. The maximum atomic E-state index is 11.8. The molecular weight excluding hydrogens is 232 g/mol. The second-order valence-corrected chi connectivity index (χ2v) is 5.33. The third-order valence-corrected chi connectivity index (χ3v) is 2.51. The van der Waals surface area contributed by atoms with E-state index in [-0.39, 0.29) is 18.2 Å². The van der Waals surface area contributed by atoms with Crippen LogP contribution < -0.4 is 5.73 Å². The van der Waals surface area contributed by atoms with E-state index >= 15 is 0 Å². The Hall–Kier alpha value is -1.25. The highest BCUT2D eigenvalue weighted by Crippen LogP contribution is 2.16. The molecule has 0 aliphatic carbocycles. The summed E-state index contributed by atoms with van der Waals surface area (Å²) in [5.41, 5.74) is 5.44. The summed E-state index contributed by atoms with van der Waals surface area (Å²) in [6.45, 7) is 8.53. The van der Waals surface area contributed by atoms with Gasteiger partial charge in [0.2, 0.25) is 0 Å². The van der Waals surface area contributed by atoms with Gasteiger partial charge in [0.05, 0.1) is 18.7 Å². The van der Waals surface area contributed by atoms with E-state index in [2.05, 4.69) is 11.8 Å². The third-order valence-electron chi connectivity index (χ3n) is 2.51. The van der Waals surface area contributed by atoms with Gasteiger partial charge in [0, 0.05) is 6.54 Å². The molecule has 0 spiro atoms. The minimum Gasteiger partial charge on any atom is -0.444 e. The highest BCUT2D eigenvalue weighted by atomic mass is 16.6. The topological polar surface area (TPSA) is 64.8 Å². The number of hydrogen-bond acceptors (Lipinski definition) is 4. The largest absolute Gasteiger partial charge is 0.444 e. The average Bonchev–Trinajstić information content (AvgIpc) is 2.58. The number of carbonyl (C=O) groups excluding carboxylic acids is 1. The van der Waals surface area contributed by atoms with Crippen LogP contribution in [0.3, 0.4) is 0 Å². The van der Waals surface area contributed by atoms with Gasteiger partial charge in [-0.15, -0.1) is 5.92 Å². The molecule has 1 saturated heterocycles. The smallest absolute Gasteiger partial charge is 0.410 e. The lowest BCUT2D eigenvalue weighted by Gasteiger charge is -2.24. The highest BCUT2D eigenvalue weighted by Gasteiger charge is 2.35. The van der Waals surface area contributed by atoms with Crippen LogP contribution in [0.25, 0.3) is 0 Å². The number of nitrogens with zero attached hydrogens (tertiary/aromatic N) is 1. The van der Waals surface area contributed by atoms with Gasteiger partial charge in [-0.25, -0.2) is 4.79 Å². The van der Waals surface area contributed by atoms with Crippen LogP contribution in [-0.2, 0) is 9.47 Å². The van der Waals surface area contributed by atoms with Crippen LogP contribution in [0, 0.1) is 11.8 Å². The number of rotatable bonds is 2. The van der Waals surface area contributed by atoms with Gasteiger partial charge in [0.15, 0.2) is 0 Å². The molecule has 0 aromatic heterocycles. The molecule has 0 saturated carbocycles. The lowest BCUT2D eigenvalue weighted by atomic mass is 10.2. The predicted molar refractivity (Wildman–Crippen MR) is 69.0 cm³/mol. The van der Waals surface area contributed by atoms with Crippen LogP contribution in [0.15, 0.2) is 0 Å². The zero-order valence-electron chi connectivity index (χ0n) is 11.5. The Bertz CT molecular complexity index is 351. The van der Waals surface area contributed by atoms with Crippen molar-refractivity contribution in [2.75, 3.05) is 19.7 Å². The second-order valence-electron chi connectivity index (χ2n) is 5.33. The Morgan fingerprint density at radius 3 is 2.67 bits per heavy atom. The molecule has 5 heteroatoms. The van der Waals surface area contributed by atoms with Crippen LogP contribution in [0.2, 0.25) is 0 Å². The normalized spacial score (nSPS) is 23.5. The summed E-state index contributed by atoms with van der Waals surface area (Å²) in [6.07, 6.45) is -0.510. The average molecular weight is 254 g/mol. The van der Waals surface area contributed by atoms with E-state index in [0.717, 1.165) is 0 Å². The predicted octanol–water partition coefficient (Wildman–Crippen LogP) is 0.973. The van der Waals surface area contributed by atoms with Crippen LogP contribution in [0.5, 0.6) is 0 Å². The molecule has 1 aliphatic heterocycles. The number of amides is 1. The van der Waals surface area contributed by atoms with Crippen molar-refractivity contribution in [3.8, 4) is 11.8 Å². The fourth-order valence-electron chi connectivity index (χ4n) is 1.67. The molecule has 0 unspecified atom stereocenters. The van der Waals surface area contributed by atoms with Crippen LogP contribution in [0.4, 0.5) is 4.79 Å². The first-order valence-electron chi connectivity index (χ1n) is 6.08. The fourth-order valence-corrected chi connectivity index (χ4v) is 1.67. The van der Waals surface area contributed by atoms with Gasteiger partial charge in [0.25, 0.3) is 0 Å². The SMILES string of the molecule is CC#CCO[C@H]1CN(C(=O)OC(C)(C)C)C[C@@H]1N. The fraction of sp³-hybridized carbons (Fsp3) is 0.769. The molecule has 1 fully saturated rings. The number of carbonyl (C=O) groups is 1. The summed E-state index contributed by atoms with van der Waals surface area (Å²) < 4.78 is 10.8. The lowest BCUT2D eigenvalue weighted by molar-refractivity contribution is 0.0236. The van der Waals surface area contributed by atoms with Crippen molar-refractivity contribution in [1.82, 2.24) is 4.90 Å². The minimum atomic E-state index is -0.492. The van der Waals surface area contributed by atoms with Crippen molar-refractivity contribution in [1.29, 1.82) is 0 Å². The summed E-state index contributed by atoms with van der Waals surface area (Å²) in [7, 11) is 0.